The van der Waals surface area contributed by atoms with Gasteiger partial charge in [0.15, 0.2) is 5.82 Å². The van der Waals surface area contributed by atoms with Gasteiger partial charge >= 0.3 is 0 Å². The Morgan fingerprint density at radius 2 is 2.29 bits per heavy atom. The molecule has 1 atom stereocenters. The molecule has 0 aliphatic carbocycles. The maximum Gasteiger partial charge on any atom is 0.267 e. The number of halogens is 1. The third-order valence-electron chi connectivity index (χ3n) is 3.10. The Hall–Kier alpha value is -0.880. The van der Waals surface area contributed by atoms with Crippen molar-refractivity contribution in [1.82, 2.24) is 14.9 Å². The molecule has 94 valence electrons. The zero-order valence-corrected chi connectivity index (χ0v) is 11.7. The summed E-state index contributed by atoms with van der Waals surface area (Å²) in [5.74, 6) is 0.747. The lowest BCUT2D eigenvalue weighted by Crippen LogP contribution is -2.39. The van der Waals surface area contributed by atoms with Gasteiger partial charge in [-0.05, 0) is 42.9 Å². The van der Waals surface area contributed by atoms with E-state index in [0.29, 0.717) is 10.5 Å². The van der Waals surface area contributed by atoms with Crippen molar-refractivity contribution in [1.29, 1.82) is 0 Å². The van der Waals surface area contributed by atoms with Crippen LogP contribution in [0.1, 0.15) is 13.3 Å². The molecule has 0 radical (unpaired) electrons. The molecule has 0 saturated carbocycles. The summed E-state index contributed by atoms with van der Waals surface area (Å²) in [6, 6.07) is 0.355. The van der Waals surface area contributed by atoms with Gasteiger partial charge in [-0.1, -0.05) is 0 Å². The van der Waals surface area contributed by atoms with Gasteiger partial charge in [-0.3, -0.25) is 4.79 Å². The molecule has 2 rings (SSSR count). The Morgan fingerprint density at radius 3 is 3.06 bits per heavy atom. The fraction of sp³-hybridized carbons (Fsp3) is 0.636. The van der Waals surface area contributed by atoms with Gasteiger partial charge in [0, 0.05) is 19.1 Å². The number of nitrogens with zero attached hydrogens (tertiary/aromatic N) is 3. The number of hydrogen-bond donors (Lipinski definition) is 1. The van der Waals surface area contributed by atoms with E-state index in [9.17, 15) is 4.79 Å². The van der Waals surface area contributed by atoms with E-state index in [1.165, 1.54) is 6.33 Å². The molecule has 1 aliphatic rings. The van der Waals surface area contributed by atoms with Crippen molar-refractivity contribution >= 4 is 21.7 Å². The van der Waals surface area contributed by atoms with Gasteiger partial charge in [0.2, 0.25) is 0 Å². The Labute approximate surface area is 109 Å². The predicted octanol–water partition coefficient (Wildman–Crippen LogP) is 1.06. The Bertz CT molecular complexity index is 447. The number of nitrogens with one attached hydrogen (secondary N) is 1. The molecule has 1 saturated heterocycles. The Morgan fingerprint density at radius 1 is 1.53 bits per heavy atom. The van der Waals surface area contributed by atoms with Gasteiger partial charge in [0.1, 0.15) is 4.47 Å². The number of aromatic nitrogens is 2. The standard InChI is InChI=1S/C11H17BrN4O/c1-8-6-15(2)4-3-5-16(8)10-9(12)11(17)14-7-13-10/h7-8H,3-6H2,1-2H3,(H,13,14,17). The summed E-state index contributed by atoms with van der Waals surface area (Å²) < 4.78 is 0.524. The summed E-state index contributed by atoms with van der Waals surface area (Å²) >= 11 is 3.32. The minimum atomic E-state index is -0.125. The van der Waals surface area contributed by atoms with E-state index >= 15 is 0 Å². The average molecular weight is 301 g/mol. The molecule has 17 heavy (non-hydrogen) atoms. The van der Waals surface area contributed by atoms with Crippen LogP contribution in [0.3, 0.4) is 0 Å². The van der Waals surface area contributed by atoms with E-state index in [1.807, 2.05) is 0 Å². The number of rotatable bonds is 1. The van der Waals surface area contributed by atoms with Crippen LogP contribution in [0, 0.1) is 0 Å². The second-order valence-electron chi connectivity index (χ2n) is 4.53. The van der Waals surface area contributed by atoms with Crippen LogP contribution >= 0.6 is 15.9 Å². The molecule has 0 bridgehead atoms. The lowest BCUT2D eigenvalue weighted by molar-refractivity contribution is 0.337. The van der Waals surface area contributed by atoms with Crippen LogP contribution in [0.25, 0.3) is 0 Å². The van der Waals surface area contributed by atoms with Gasteiger partial charge < -0.3 is 14.8 Å². The molecular formula is C11H17BrN4O. The van der Waals surface area contributed by atoms with Crippen molar-refractivity contribution < 1.29 is 0 Å². The molecule has 1 N–H and O–H groups in total. The largest absolute Gasteiger partial charge is 0.351 e. The van der Waals surface area contributed by atoms with Crippen LogP contribution in [0.15, 0.2) is 15.6 Å². The molecule has 1 fully saturated rings. The molecule has 0 amide bonds. The molecule has 0 aromatic carbocycles. The lowest BCUT2D eigenvalue weighted by atomic mass is 10.2. The second-order valence-corrected chi connectivity index (χ2v) is 5.32. The van der Waals surface area contributed by atoms with Gasteiger partial charge in [-0.25, -0.2) is 4.98 Å². The number of hydrogen-bond acceptors (Lipinski definition) is 4. The molecule has 5 nitrogen and oxygen atoms in total. The lowest BCUT2D eigenvalue weighted by Gasteiger charge is -2.29. The first-order chi connectivity index (χ1) is 8.09. The third kappa shape index (κ3) is 2.69. The van der Waals surface area contributed by atoms with Gasteiger partial charge in [-0.2, -0.15) is 0 Å². The molecule has 1 aromatic heterocycles. The van der Waals surface area contributed by atoms with Crippen LogP contribution in [-0.4, -0.2) is 47.6 Å². The second kappa shape index (κ2) is 5.18. The highest BCUT2D eigenvalue weighted by Crippen LogP contribution is 2.23. The van der Waals surface area contributed by atoms with Crippen LogP contribution in [-0.2, 0) is 0 Å². The van der Waals surface area contributed by atoms with Crippen LogP contribution < -0.4 is 10.5 Å². The predicted molar refractivity (Wildman–Crippen MR) is 71.5 cm³/mol. The van der Waals surface area contributed by atoms with E-state index in [-0.39, 0.29) is 5.56 Å². The van der Waals surface area contributed by atoms with Crippen LogP contribution in [0.5, 0.6) is 0 Å². The monoisotopic (exact) mass is 300 g/mol. The molecular weight excluding hydrogens is 284 g/mol. The fourth-order valence-corrected chi connectivity index (χ4v) is 2.71. The highest BCUT2D eigenvalue weighted by molar-refractivity contribution is 9.10. The zero-order chi connectivity index (χ0) is 12.4. The first-order valence-electron chi connectivity index (χ1n) is 5.78. The zero-order valence-electron chi connectivity index (χ0n) is 10.1. The summed E-state index contributed by atoms with van der Waals surface area (Å²) in [5, 5.41) is 0. The van der Waals surface area contributed by atoms with Crippen molar-refractivity contribution in [2.24, 2.45) is 0 Å². The molecule has 1 aliphatic heterocycles. The van der Waals surface area contributed by atoms with Crippen molar-refractivity contribution in [3.05, 3.63) is 21.2 Å². The number of H-pyrrole nitrogens is 1. The Kier molecular flexibility index (Phi) is 3.83. The maximum atomic E-state index is 11.6. The molecule has 6 heteroatoms. The molecule has 1 aromatic rings. The third-order valence-corrected chi connectivity index (χ3v) is 3.81. The summed E-state index contributed by atoms with van der Waals surface area (Å²) in [6.45, 7) is 5.17. The van der Waals surface area contributed by atoms with Crippen molar-refractivity contribution in [2.75, 3.05) is 31.6 Å². The first kappa shape index (κ1) is 12.6. The highest BCUT2D eigenvalue weighted by Gasteiger charge is 2.23. The van der Waals surface area contributed by atoms with E-state index in [2.05, 4.69) is 49.7 Å². The quantitative estimate of drug-likeness (QED) is 0.843. The number of aromatic amines is 1. The highest BCUT2D eigenvalue weighted by atomic mass is 79.9. The minimum Gasteiger partial charge on any atom is -0.351 e. The fourth-order valence-electron chi connectivity index (χ4n) is 2.26. The number of likely N-dealkylation sites (N-methyl/N-ethyl adjacent to an activating group) is 1. The smallest absolute Gasteiger partial charge is 0.267 e. The first-order valence-corrected chi connectivity index (χ1v) is 6.57. The summed E-state index contributed by atoms with van der Waals surface area (Å²) in [4.78, 5) is 22.9. The van der Waals surface area contributed by atoms with Gasteiger partial charge in [0.25, 0.3) is 5.56 Å². The van der Waals surface area contributed by atoms with Crippen LogP contribution in [0.2, 0.25) is 0 Å². The maximum absolute atomic E-state index is 11.6. The normalized spacial score (nSPS) is 22.5. The topological polar surface area (TPSA) is 52.2 Å². The number of anilines is 1. The Balaban J connectivity index is 2.32. The van der Waals surface area contributed by atoms with E-state index in [1.54, 1.807) is 0 Å². The average Bonchev–Trinajstić information content (AvgIpc) is 2.44. The summed E-state index contributed by atoms with van der Waals surface area (Å²) in [5.41, 5.74) is -0.125. The molecule has 0 spiro atoms. The summed E-state index contributed by atoms with van der Waals surface area (Å²) in [7, 11) is 2.13. The van der Waals surface area contributed by atoms with E-state index in [4.69, 9.17) is 0 Å². The van der Waals surface area contributed by atoms with E-state index in [0.717, 1.165) is 31.9 Å². The molecule has 1 unspecified atom stereocenters. The van der Waals surface area contributed by atoms with E-state index < -0.39 is 0 Å². The molecule has 2 heterocycles. The van der Waals surface area contributed by atoms with Crippen molar-refractivity contribution in [3.8, 4) is 0 Å². The van der Waals surface area contributed by atoms with Crippen LogP contribution in [0.4, 0.5) is 5.82 Å². The van der Waals surface area contributed by atoms with Gasteiger partial charge in [-0.15, -0.1) is 0 Å². The van der Waals surface area contributed by atoms with Crippen molar-refractivity contribution in [3.63, 3.8) is 0 Å². The SMILES string of the molecule is CC1CN(C)CCCN1c1nc[nH]c(=O)c1Br. The van der Waals surface area contributed by atoms with Crippen molar-refractivity contribution in [2.45, 2.75) is 19.4 Å². The summed E-state index contributed by atoms with van der Waals surface area (Å²) in [6.07, 6.45) is 2.55. The van der Waals surface area contributed by atoms with Gasteiger partial charge in [0.05, 0.1) is 6.33 Å². The minimum absolute atomic E-state index is 0.125.